The number of amides is 2. The van der Waals surface area contributed by atoms with Gasteiger partial charge < -0.3 is 19.5 Å². The van der Waals surface area contributed by atoms with E-state index in [1.54, 1.807) is 37.4 Å². The first-order valence-electron chi connectivity index (χ1n) is 9.21. The van der Waals surface area contributed by atoms with Gasteiger partial charge in [0.1, 0.15) is 5.70 Å². The zero-order valence-electron chi connectivity index (χ0n) is 16.0. The summed E-state index contributed by atoms with van der Waals surface area (Å²) in [5, 5.41) is 3.78. The summed E-state index contributed by atoms with van der Waals surface area (Å²) in [7, 11) is 1.57. The van der Waals surface area contributed by atoms with Crippen LogP contribution in [0.4, 0.5) is 5.69 Å². The van der Waals surface area contributed by atoms with E-state index >= 15 is 0 Å². The highest BCUT2D eigenvalue weighted by molar-refractivity contribution is 6.41. The number of rotatable bonds is 7. The van der Waals surface area contributed by atoms with Crippen molar-refractivity contribution in [3.05, 3.63) is 57.7 Å². The number of fused-ring (bicyclic) bond motifs is 1. The Hall–Kier alpha value is -2.74. The Labute approximate surface area is 183 Å². The highest BCUT2D eigenvalue weighted by atomic mass is 35.5. The number of methoxy groups -OCH3 is 1. The Balaban J connectivity index is 1.73. The molecule has 2 aromatic rings. The zero-order valence-corrected chi connectivity index (χ0v) is 17.5. The van der Waals surface area contributed by atoms with Gasteiger partial charge >= 0.3 is 0 Å². The van der Waals surface area contributed by atoms with Gasteiger partial charge in [-0.3, -0.25) is 14.5 Å². The van der Waals surface area contributed by atoms with Gasteiger partial charge in [-0.25, -0.2) is 0 Å². The molecule has 0 unspecified atom stereocenters. The van der Waals surface area contributed by atoms with Gasteiger partial charge in [0.2, 0.25) is 6.79 Å². The third kappa shape index (κ3) is 3.84. The normalized spacial score (nSPS) is 15.4. The molecule has 0 saturated heterocycles. The summed E-state index contributed by atoms with van der Waals surface area (Å²) in [5.41, 5.74) is 1.34. The molecule has 30 heavy (non-hydrogen) atoms. The first-order valence-corrected chi connectivity index (χ1v) is 9.96. The molecule has 0 saturated carbocycles. The van der Waals surface area contributed by atoms with Crippen LogP contribution in [0.1, 0.15) is 12.0 Å². The van der Waals surface area contributed by atoms with Crippen LogP contribution < -0.4 is 14.8 Å². The highest BCUT2D eigenvalue weighted by Gasteiger charge is 2.39. The molecule has 156 valence electrons. The number of carbonyl (C=O) groups excluding carboxylic acids is 2. The number of carbonyl (C=O) groups is 2. The van der Waals surface area contributed by atoms with Crippen LogP contribution in [0.15, 0.2) is 42.1 Å². The van der Waals surface area contributed by atoms with Gasteiger partial charge in [0.05, 0.1) is 10.6 Å². The molecule has 4 rings (SSSR count). The highest BCUT2D eigenvalue weighted by Crippen LogP contribution is 2.38. The molecule has 0 fully saturated rings. The topological polar surface area (TPSA) is 77.1 Å². The first-order chi connectivity index (χ1) is 14.5. The van der Waals surface area contributed by atoms with Crippen LogP contribution in [0.5, 0.6) is 11.5 Å². The van der Waals surface area contributed by atoms with Crippen molar-refractivity contribution in [2.45, 2.75) is 6.42 Å². The molecule has 2 amide bonds. The van der Waals surface area contributed by atoms with E-state index < -0.39 is 11.8 Å². The van der Waals surface area contributed by atoms with Crippen LogP contribution in [0.2, 0.25) is 10.0 Å². The van der Waals surface area contributed by atoms with Crippen molar-refractivity contribution < 1.29 is 23.8 Å². The summed E-state index contributed by atoms with van der Waals surface area (Å²) in [6, 6.07) is 9.98. The number of hydrogen-bond acceptors (Lipinski definition) is 6. The predicted octanol–water partition coefficient (Wildman–Crippen LogP) is 3.95. The van der Waals surface area contributed by atoms with Crippen LogP contribution in [0, 0.1) is 0 Å². The maximum absolute atomic E-state index is 13.2. The summed E-state index contributed by atoms with van der Waals surface area (Å²) in [5.74, 6) is 0.310. The lowest BCUT2D eigenvalue weighted by molar-refractivity contribution is -0.136. The number of nitrogens with one attached hydrogen (secondary N) is 1. The largest absolute Gasteiger partial charge is 0.454 e. The number of nitrogens with zero attached hydrogens (tertiary/aromatic N) is 1. The predicted molar refractivity (Wildman–Crippen MR) is 113 cm³/mol. The molecule has 2 heterocycles. The van der Waals surface area contributed by atoms with Gasteiger partial charge in [0, 0.05) is 42.6 Å². The Bertz CT molecular complexity index is 1050. The zero-order chi connectivity index (χ0) is 21.3. The average Bonchev–Trinajstić information content (AvgIpc) is 3.27. The molecular weight excluding hydrogens is 431 g/mol. The molecule has 0 bridgehead atoms. The van der Waals surface area contributed by atoms with E-state index in [9.17, 15) is 9.59 Å². The third-order valence-corrected chi connectivity index (χ3v) is 5.29. The van der Waals surface area contributed by atoms with Crippen molar-refractivity contribution in [2.75, 3.05) is 32.4 Å². The lowest BCUT2D eigenvalue weighted by Crippen LogP contribution is -2.33. The second-order valence-corrected chi connectivity index (χ2v) is 7.52. The van der Waals surface area contributed by atoms with Gasteiger partial charge in [-0.15, -0.1) is 0 Å². The molecule has 0 aromatic heterocycles. The van der Waals surface area contributed by atoms with Crippen molar-refractivity contribution in [3.63, 3.8) is 0 Å². The smallest absolute Gasteiger partial charge is 0.278 e. The monoisotopic (exact) mass is 448 g/mol. The van der Waals surface area contributed by atoms with Crippen LogP contribution in [-0.4, -0.2) is 43.8 Å². The molecule has 9 heteroatoms. The lowest BCUT2D eigenvalue weighted by atomic mass is 10.0. The fraction of sp³-hybridized carbons (Fsp3) is 0.238. The lowest BCUT2D eigenvalue weighted by Gasteiger charge is -2.15. The molecule has 2 aromatic carbocycles. The van der Waals surface area contributed by atoms with Crippen LogP contribution in [0.25, 0.3) is 5.57 Å². The quantitative estimate of drug-likeness (QED) is 0.510. The Morgan fingerprint density at radius 1 is 1.07 bits per heavy atom. The summed E-state index contributed by atoms with van der Waals surface area (Å²) in [4.78, 5) is 27.5. The van der Waals surface area contributed by atoms with Crippen molar-refractivity contribution in [2.24, 2.45) is 0 Å². The number of anilines is 1. The van der Waals surface area contributed by atoms with Gasteiger partial charge in [0.15, 0.2) is 11.5 Å². The minimum atomic E-state index is -0.435. The maximum Gasteiger partial charge on any atom is 0.278 e. The van der Waals surface area contributed by atoms with Crippen molar-refractivity contribution in [1.29, 1.82) is 0 Å². The molecule has 0 atom stereocenters. The summed E-state index contributed by atoms with van der Waals surface area (Å²) in [6.45, 7) is 0.795. The molecule has 2 aliphatic heterocycles. The fourth-order valence-corrected chi connectivity index (χ4v) is 3.83. The van der Waals surface area contributed by atoms with Crippen molar-refractivity contribution in [1.82, 2.24) is 4.90 Å². The number of halogens is 2. The Kier molecular flexibility index (Phi) is 5.85. The van der Waals surface area contributed by atoms with E-state index in [4.69, 9.17) is 37.4 Å². The second kappa shape index (κ2) is 8.55. The first kappa shape index (κ1) is 20.5. The molecule has 0 aliphatic carbocycles. The standard InChI is InChI=1S/C21H18Cl2N2O5/c1-28-8-2-7-25-20(26)18(14-5-3-12(22)9-15(14)23)19(21(25)27)24-13-4-6-16-17(10-13)30-11-29-16/h3-6,9-10,24H,2,7-8,11H2,1H3. The summed E-state index contributed by atoms with van der Waals surface area (Å²) >= 11 is 12.4. The number of ether oxygens (including phenoxy) is 3. The van der Waals surface area contributed by atoms with E-state index in [-0.39, 0.29) is 29.6 Å². The van der Waals surface area contributed by atoms with Gasteiger partial charge in [-0.05, 0) is 30.7 Å². The molecule has 7 nitrogen and oxygen atoms in total. The van der Waals surface area contributed by atoms with Gasteiger partial charge in [-0.1, -0.05) is 29.3 Å². The van der Waals surface area contributed by atoms with E-state index in [1.165, 1.54) is 11.0 Å². The Morgan fingerprint density at radius 3 is 2.63 bits per heavy atom. The van der Waals surface area contributed by atoms with E-state index in [1.807, 2.05) is 0 Å². The molecule has 0 spiro atoms. The maximum atomic E-state index is 13.2. The van der Waals surface area contributed by atoms with Crippen LogP contribution in [0.3, 0.4) is 0 Å². The van der Waals surface area contributed by atoms with Crippen LogP contribution in [-0.2, 0) is 14.3 Å². The van der Waals surface area contributed by atoms with E-state index in [0.29, 0.717) is 40.8 Å². The number of imide groups is 1. The van der Waals surface area contributed by atoms with Gasteiger partial charge in [0.25, 0.3) is 11.8 Å². The molecular formula is C21H18Cl2N2O5. The minimum absolute atomic E-state index is 0.137. The van der Waals surface area contributed by atoms with Gasteiger partial charge in [-0.2, -0.15) is 0 Å². The van der Waals surface area contributed by atoms with E-state index in [0.717, 1.165) is 0 Å². The number of hydrogen-bond donors (Lipinski definition) is 1. The fourth-order valence-electron chi connectivity index (χ4n) is 3.32. The number of benzene rings is 2. The average molecular weight is 449 g/mol. The molecule has 0 radical (unpaired) electrons. The molecule has 2 aliphatic rings. The second-order valence-electron chi connectivity index (χ2n) is 6.68. The Morgan fingerprint density at radius 2 is 1.87 bits per heavy atom. The summed E-state index contributed by atoms with van der Waals surface area (Å²) in [6.07, 6.45) is 0.521. The SMILES string of the molecule is COCCCN1C(=O)C(Nc2ccc3c(c2)OCO3)=C(c2ccc(Cl)cc2Cl)C1=O. The molecule has 1 N–H and O–H groups in total. The van der Waals surface area contributed by atoms with Crippen LogP contribution >= 0.6 is 23.2 Å². The van der Waals surface area contributed by atoms with E-state index in [2.05, 4.69) is 5.32 Å². The third-order valence-electron chi connectivity index (χ3n) is 4.74. The van der Waals surface area contributed by atoms with Crippen molar-refractivity contribution in [3.8, 4) is 11.5 Å². The summed E-state index contributed by atoms with van der Waals surface area (Å²) < 4.78 is 15.8. The van der Waals surface area contributed by atoms with Crippen molar-refractivity contribution >= 4 is 46.3 Å². The minimum Gasteiger partial charge on any atom is -0.454 e.